The molecule has 2 heterocycles. The molecule has 19 heavy (non-hydrogen) atoms. The predicted octanol–water partition coefficient (Wildman–Crippen LogP) is 1.53. The second kappa shape index (κ2) is 5.77. The van der Waals surface area contributed by atoms with Gasteiger partial charge in [0.2, 0.25) is 0 Å². The van der Waals surface area contributed by atoms with Crippen molar-refractivity contribution < 1.29 is 8.42 Å². The van der Waals surface area contributed by atoms with E-state index in [1.165, 1.54) is 0 Å². The summed E-state index contributed by atoms with van der Waals surface area (Å²) in [5, 5.41) is 3.24. The Balaban J connectivity index is 1.99. The number of hydrogen-bond acceptors (Lipinski definition) is 5. The van der Waals surface area contributed by atoms with Gasteiger partial charge in [0.05, 0.1) is 23.4 Å². The molecular weight excluding hydrogens is 262 g/mol. The summed E-state index contributed by atoms with van der Waals surface area (Å²) in [6.45, 7) is 6.05. The highest BCUT2D eigenvalue weighted by atomic mass is 32.2. The largest absolute Gasteiger partial charge is 0.380 e. The molecule has 106 valence electrons. The summed E-state index contributed by atoms with van der Waals surface area (Å²) in [6, 6.07) is 3.95. The Kier molecular flexibility index (Phi) is 4.29. The maximum absolute atomic E-state index is 11.4. The fraction of sp³-hybridized carbons (Fsp3) is 0.615. The Morgan fingerprint density at radius 1 is 1.37 bits per heavy atom. The van der Waals surface area contributed by atoms with E-state index in [4.69, 9.17) is 0 Å². The van der Waals surface area contributed by atoms with Gasteiger partial charge in [-0.15, -0.1) is 0 Å². The average Bonchev–Trinajstić information content (AvgIpc) is 2.72. The monoisotopic (exact) mass is 283 g/mol. The molecule has 0 saturated carbocycles. The van der Waals surface area contributed by atoms with E-state index in [9.17, 15) is 8.42 Å². The fourth-order valence-corrected chi connectivity index (χ4v) is 4.02. The maximum Gasteiger partial charge on any atom is 0.152 e. The van der Waals surface area contributed by atoms with Crippen molar-refractivity contribution in [3.8, 4) is 0 Å². The molecule has 1 aliphatic heterocycles. The van der Waals surface area contributed by atoms with E-state index in [0.29, 0.717) is 6.42 Å². The topological polar surface area (TPSA) is 62.3 Å². The van der Waals surface area contributed by atoms with Crippen molar-refractivity contribution in [3.05, 3.63) is 18.3 Å². The second-order valence-corrected chi connectivity index (χ2v) is 7.05. The minimum absolute atomic E-state index is 0.0195. The highest BCUT2D eigenvalue weighted by Crippen LogP contribution is 2.19. The molecule has 0 aliphatic carbocycles. The second-order valence-electron chi connectivity index (χ2n) is 4.82. The molecule has 1 aromatic rings. The molecule has 1 atom stereocenters. The first kappa shape index (κ1) is 14.1. The van der Waals surface area contributed by atoms with Crippen LogP contribution in [0.2, 0.25) is 0 Å². The molecule has 0 amide bonds. The quantitative estimate of drug-likeness (QED) is 0.888. The third-order valence-electron chi connectivity index (χ3n) is 3.44. The number of sulfone groups is 1. The van der Waals surface area contributed by atoms with Crippen LogP contribution in [0.25, 0.3) is 0 Å². The van der Waals surface area contributed by atoms with Gasteiger partial charge in [0.15, 0.2) is 9.84 Å². The SMILES string of the molecule is CCN(CC)c1ccc(NC2CCS(=O)(=O)C2)cn1. The van der Waals surface area contributed by atoms with E-state index in [0.717, 1.165) is 24.6 Å². The Morgan fingerprint density at radius 2 is 2.11 bits per heavy atom. The number of hydrogen-bond donors (Lipinski definition) is 1. The van der Waals surface area contributed by atoms with Crippen molar-refractivity contribution in [3.63, 3.8) is 0 Å². The molecule has 1 saturated heterocycles. The molecule has 1 unspecified atom stereocenters. The summed E-state index contributed by atoms with van der Waals surface area (Å²) in [4.78, 5) is 6.58. The molecule has 6 heteroatoms. The molecule has 0 aromatic carbocycles. The van der Waals surface area contributed by atoms with Gasteiger partial charge < -0.3 is 10.2 Å². The van der Waals surface area contributed by atoms with Crippen LogP contribution >= 0.6 is 0 Å². The highest BCUT2D eigenvalue weighted by molar-refractivity contribution is 7.91. The van der Waals surface area contributed by atoms with Crippen LogP contribution < -0.4 is 10.2 Å². The number of aromatic nitrogens is 1. The van der Waals surface area contributed by atoms with Gasteiger partial charge in [-0.2, -0.15) is 0 Å². The van der Waals surface area contributed by atoms with Crippen LogP contribution in [0, 0.1) is 0 Å². The summed E-state index contributed by atoms with van der Waals surface area (Å²) in [5.74, 6) is 1.47. The van der Waals surface area contributed by atoms with Gasteiger partial charge in [0, 0.05) is 19.1 Å². The Labute approximate surface area is 114 Å². The third kappa shape index (κ3) is 3.59. The van der Waals surface area contributed by atoms with Gasteiger partial charge in [0.25, 0.3) is 0 Å². The number of pyridine rings is 1. The van der Waals surface area contributed by atoms with Crippen LogP contribution in [0.1, 0.15) is 20.3 Å². The molecule has 0 spiro atoms. The van der Waals surface area contributed by atoms with Gasteiger partial charge in [-0.3, -0.25) is 0 Å². The van der Waals surface area contributed by atoms with Crippen molar-refractivity contribution in [1.82, 2.24) is 4.98 Å². The number of anilines is 2. The van der Waals surface area contributed by atoms with Crippen LogP contribution in [0.3, 0.4) is 0 Å². The summed E-state index contributed by atoms with van der Waals surface area (Å²) < 4.78 is 22.8. The first-order valence-corrected chi connectivity index (χ1v) is 8.54. The summed E-state index contributed by atoms with van der Waals surface area (Å²) in [5.41, 5.74) is 0.887. The predicted molar refractivity (Wildman–Crippen MR) is 78.5 cm³/mol. The Hall–Kier alpha value is -1.30. The number of nitrogens with one attached hydrogen (secondary N) is 1. The number of rotatable bonds is 5. The minimum Gasteiger partial charge on any atom is -0.380 e. The van der Waals surface area contributed by atoms with E-state index in [-0.39, 0.29) is 17.5 Å². The summed E-state index contributed by atoms with van der Waals surface area (Å²) >= 11 is 0. The molecule has 0 radical (unpaired) electrons. The molecule has 1 aliphatic rings. The van der Waals surface area contributed by atoms with E-state index in [2.05, 4.69) is 29.0 Å². The van der Waals surface area contributed by atoms with E-state index in [1.54, 1.807) is 6.20 Å². The van der Waals surface area contributed by atoms with Crippen molar-refractivity contribution in [2.45, 2.75) is 26.3 Å². The normalized spacial score (nSPS) is 21.3. The van der Waals surface area contributed by atoms with Crippen molar-refractivity contribution in [2.75, 3.05) is 34.8 Å². The van der Waals surface area contributed by atoms with Crippen LogP contribution in [-0.2, 0) is 9.84 Å². The van der Waals surface area contributed by atoms with Gasteiger partial charge in [-0.25, -0.2) is 13.4 Å². The zero-order chi connectivity index (χ0) is 13.9. The van der Waals surface area contributed by atoms with Crippen LogP contribution in [0.4, 0.5) is 11.5 Å². The van der Waals surface area contributed by atoms with Crippen molar-refractivity contribution in [1.29, 1.82) is 0 Å². The standard InChI is InChI=1S/C13H21N3O2S/c1-3-16(4-2)13-6-5-11(9-14-13)15-12-7-8-19(17,18)10-12/h5-6,9,12,15H,3-4,7-8,10H2,1-2H3. The lowest BCUT2D eigenvalue weighted by Gasteiger charge is -2.20. The first-order valence-electron chi connectivity index (χ1n) is 6.72. The zero-order valence-electron chi connectivity index (χ0n) is 11.5. The van der Waals surface area contributed by atoms with Crippen molar-refractivity contribution in [2.24, 2.45) is 0 Å². The molecule has 2 rings (SSSR count). The number of nitrogens with zero attached hydrogens (tertiary/aromatic N) is 2. The first-order chi connectivity index (χ1) is 9.04. The molecule has 5 nitrogen and oxygen atoms in total. The van der Waals surface area contributed by atoms with Crippen molar-refractivity contribution >= 4 is 21.3 Å². The van der Waals surface area contributed by atoms with E-state index in [1.807, 2.05) is 12.1 Å². The average molecular weight is 283 g/mol. The van der Waals surface area contributed by atoms with Crippen LogP contribution in [-0.4, -0.2) is 44.0 Å². The van der Waals surface area contributed by atoms with Gasteiger partial charge in [-0.05, 0) is 32.4 Å². The van der Waals surface area contributed by atoms with E-state index < -0.39 is 9.84 Å². The third-order valence-corrected chi connectivity index (χ3v) is 5.21. The van der Waals surface area contributed by atoms with Gasteiger partial charge in [-0.1, -0.05) is 0 Å². The minimum atomic E-state index is -2.84. The van der Waals surface area contributed by atoms with Crippen LogP contribution in [0.5, 0.6) is 0 Å². The smallest absolute Gasteiger partial charge is 0.152 e. The Morgan fingerprint density at radius 3 is 2.58 bits per heavy atom. The molecular formula is C13H21N3O2S. The summed E-state index contributed by atoms with van der Waals surface area (Å²) in [6.07, 6.45) is 2.46. The summed E-state index contributed by atoms with van der Waals surface area (Å²) in [7, 11) is -2.84. The lowest BCUT2D eigenvalue weighted by molar-refractivity contribution is 0.602. The van der Waals surface area contributed by atoms with Gasteiger partial charge in [0.1, 0.15) is 5.82 Å². The van der Waals surface area contributed by atoms with Gasteiger partial charge >= 0.3 is 0 Å². The maximum atomic E-state index is 11.4. The lowest BCUT2D eigenvalue weighted by Crippen LogP contribution is -2.23. The molecule has 0 bridgehead atoms. The zero-order valence-corrected chi connectivity index (χ0v) is 12.3. The van der Waals surface area contributed by atoms with Crippen LogP contribution in [0.15, 0.2) is 18.3 Å². The lowest BCUT2D eigenvalue weighted by atomic mass is 10.2. The molecule has 1 aromatic heterocycles. The fourth-order valence-electron chi connectivity index (χ4n) is 2.35. The van der Waals surface area contributed by atoms with E-state index >= 15 is 0 Å². The molecule has 1 fully saturated rings. The molecule has 1 N–H and O–H groups in total. The Bertz CT molecular complexity index is 509. The highest BCUT2D eigenvalue weighted by Gasteiger charge is 2.27.